The minimum atomic E-state index is 0. The molecule has 1 heterocycles. The summed E-state index contributed by atoms with van der Waals surface area (Å²) in [5.74, 6) is 3.13. The van der Waals surface area contributed by atoms with Crippen molar-refractivity contribution in [3.8, 4) is 0 Å². The van der Waals surface area contributed by atoms with Gasteiger partial charge in [0.25, 0.3) is 0 Å². The predicted octanol–water partition coefficient (Wildman–Crippen LogP) is 3.98. The highest BCUT2D eigenvalue weighted by Gasteiger charge is 2.08. The number of furan rings is 1. The van der Waals surface area contributed by atoms with Gasteiger partial charge in [0.05, 0.1) is 0 Å². The highest BCUT2D eigenvalue weighted by molar-refractivity contribution is 14.0. The molecule has 0 fully saturated rings. The molecular formula is C18H26IN3O. The molecule has 0 saturated heterocycles. The Bertz CT molecular complexity index is 622. The van der Waals surface area contributed by atoms with Crippen molar-refractivity contribution in [2.45, 2.75) is 33.2 Å². The highest BCUT2D eigenvalue weighted by atomic mass is 127. The molecule has 2 N–H and O–H groups in total. The third-order valence-corrected chi connectivity index (χ3v) is 3.76. The van der Waals surface area contributed by atoms with Crippen molar-refractivity contribution in [1.29, 1.82) is 0 Å². The minimum absolute atomic E-state index is 0. The van der Waals surface area contributed by atoms with Gasteiger partial charge in [-0.25, -0.2) is 0 Å². The van der Waals surface area contributed by atoms with Gasteiger partial charge in [-0.2, -0.15) is 0 Å². The van der Waals surface area contributed by atoms with E-state index in [-0.39, 0.29) is 24.0 Å². The molecule has 0 amide bonds. The van der Waals surface area contributed by atoms with Crippen LogP contribution in [0.2, 0.25) is 0 Å². The number of hydrogen-bond donors (Lipinski definition) is 2. The molecule has 4 nitrogen and oxygen atoms in total. The Morgan fingerprint density at radius 3 is 2.43 bits per heavy atom. The van der Waals surface area contributed by atoms with Crippen LogP contribution in [0.5, 0.6) is 0 Å². The molecule has 2 rings (SSSR count). The van der Waals surface area contributed by atoms with E-state index in [2.05, 4.69) is 52.9 Å². The zero-order valence-corrected chi connectivity index (χ0v) is 16.5. The quantitative estimate of drug-likeness (QED) is 0.431. The first kappa shape index (κ1) is 19.5. The van der Waals surface area contributed by atoms with Crippen molar-refractivity contribution < 1.29 is 4.42 Å². The topological polar surface area (TPSA) is 49.6 Å². The maximum Gasteiger partial charge on any atom is 0.191 e. The van der Waals surface area contributed by atoms with E-state index in [9.17, 15) is 0 Å². The fourth-order valence-electron chi connectivity index (χ4n) is 2.41. The second kappa shape index (κ2) is 9.60. The molecule has 1 aromatic heterocycles. The molecule has 0 bridgehead atoms. The molecule has 0 aliphatic heterocycles. The van der Waals surface area contributed by atoms with E-state index >= 15 is 0 Å². The summed E-state index contributed by atoms with van der Waals surface area (Å²) in [6.45, 7) is 7.71. The second-order valence-corrected chi connectivity index (χ2v) is 5.56. The first-order valence-corrected chi connectivity index (χ1v) is 7.65. The first-order valence-electron chi connectivity index (χ1n) is 7.65. The molecule has 0 radical (unpaired) electrons. The Morgan fingerprint density at radius 1 is 1.17 bits per heavy atom. The van der Waals surface area contributed by atoms with Crippen LogP contribution in [0.1, 0.15) is 35.5 Å². The molecule has 0 saturated carbocycles. The van der Waals surface area contributed by atoms with Gasteiger partial charge in [0.2, 0.25) is 0 Å². The number of guanidine groups is 1. The number of aliphatic imine (C=N–C) groups is 1. The molecular weight excluding hydrogens is 401 g/mol. The van der Waals surface area contributed by atoms with E-state index < -0.39 is 0 Å². The highest BCUT2D eigenvalue weighted by Crippen LogP contribution is 2.14. The summed E-state index contributed by atoms with van der Waals surface area (Å²) in [7, 11) is 1.79. The smallest absolute Gasteiger partial charge is 0.191 e. The molecule has 0 aliphatic carbocycles. The van der Waals surface area contributed by atoms with E-state index in [0.29, 0.717) is 12.5 Å². The van der Waals surface area contributed by atoms with Crippen LogP contribution in [-0.2, 0) is 6.54 Å². The predicted molar refractivity (Wildman–Crippen MR) is 107 cm³/mol. The number of hydrogen-bond acceptors (Lipinski definition) is 2. The standard InChI is InChI=1S/C18H25N3O.HI/c1-13(16-8-6-5-7-9-16)11-20-18(19-4)21-12-17-10-14(2)22-15(17)3;/h5-10,13H,11-12H2,1-4H3,(H2,19,20,21);1H. The van der Waals surface area contributed by atoms with E-state index in [4.69, 9.17) is 4.42 Å². The molecule has 1 aromatic carbocycles. The van der Waals surface area contributed by atoms with Crippen molar-refractivity contribution in [1.82, 2.24) is 10.6 Å². The molecule has 1 atom stereocenters. The van der Waals surface area contributed by atoms with Crippen LogP contribution in [0.3, 0.4) is 0 Å². The average Bonchev–Trinajstić information content (AvgIpc) is 2.86. The summed E-state index contributed by atoms with van der Waals surface area (Å²) in [5, 5.41) is 6.70. The van der Waals surface area contributed by atoms with Crippen LogP contribution in [0.25, 0.3) is 0 Å². The van der Waals surface area contributed by atoms with Crippen molar-refractivity contribution in [2.75, 3.05) is 13.6 Å². The van der Waals surface area contributed by atoms with E-state index in [0.717, 1.165) is 29.6 Å². The lowest BCUT2D eigenvalue weighted by atomic mass is 10.0. The Labute approximate surface area is 155 Å². The molecule has 1 unspecified atom stereocenters. The van der Waals surface area contributed by atoms with E-state index in [1.54, 1.807) is 7.05 Å². The van der Waals surface area contributed by atoms with Gasteiger partial charge >= 0.3 is 0 Å². The summed E-state index contributed by atoms with van der Waals surface area (Å²) in [5.41, 5.74) is 2.49. The SMILES string of the molecule is CN=C(NCc1cc(C)oc1C)NCC(C)c1ccccc1.I. The van der Waals surface area contributed by atoms with Crippen molar-refractivity contribution >= 4 is 29.9 Å². The summed E-state index contributed by atoms with van der Waals surface area (Å²) in [6, 6.07) is 12.5. The largest absolute Gasteiger partial charge is 0.466 e. The third-order valence-electron chi connectivity index (χ3n) is 3.76. The van der Waals surface area contributed by atoms with E-state index in [1.165, 1.54) is 5.56 Å². The third kappa shape index (κ3) is 5.89. The van der Waals surface area contributed by atoms with Gasteiger partial charge in [0, 0.05) is 25.7 Å². The second-order valence-electron chi connectivity index (χ2n) is 5.56. The minimum Gasteiger partial charge on any atom is -0.466 e. The lowest BCUT2D eigenvalue weighted by molar-refractivity contribution is 0.500. The zero-order chi connectivity index (χ0) is 15.9. The fraction of sp³-hybridized carbons (Fsp3) is 0.389. The molecule has 5 heteroatoms. The van der Waals surface area contributed by atoms with Gasteiger partial charge in [0.1, 0.15) is 11.5 Å². The number of nitrogens with one attached hydrogen (secondary N) is 2. The monoisotopic (exact) mass is 427 g/mol. The van der Waals surface area contributed by atoms with Gasteiger partial charge in [-0.1, -0.05) is 37.3 Å². The average molecular weight is 427 g/mol. The Morgan fingerprint density at radius 2 is 1.87 bits per heavy atom. The van der Waals surface area contributed by atoms with Crippen molar-refractivity contribution in [2.24, 2.45) is 4.99 Å². The molecule has 2 aromatic rings. The van der Waals surface area contributed by atoms with Gasteiger partial charge in [-0.05, 0) is 31.4 Å². The lowest BCUT2D eigenvalue weighted by Crippen LogP contribution is -2.38. The lowest BCUT2D eigenvalue weighted by Gasteiger charge is -2.16. The van der Waals surface area contributed by atoms with Gasteiger partial charge in [0.15, 0.2) is 5.96 Å². The van der Waals surface area contributed by atoms with Crippen LogP contribution < -0.4 is 10.6 Å². The first-order chi connectivity index (χ1) is 10.6. The number of aryl methyl sites for hydroxylation is 2. The summed E-state index contributed by atoms with van der Waals surface area (Å²) in [6.07, 6.45) is 0. The summed E-state index contributed by atoms with van der Waals surface area (Å²) < 4.78 is 5.54. The molecule has 0 spiro atoms. The van der Waals surface area contributed by atoms with Gasteiger partial charge < -0.3 is 15.1 Å². The van der Waals surface area contributed by atoms with Crippen LogP contribution in [0.4, 0.5) is 0 Å². The number of halogens is 1. The van der Waals surface area contributed by atoms with Crippen LogP contribution in [0, 0.1) is 13.8 Å². The maximum absolute atomic E-state index is 5.54. The number of benzene rings is 1. The van der Waals surface area contributed by atoms with Crippen LogP contribution in [-0.4, -0.2) is 19.6 Å². The maximum atomic E-state index is 5.54. The fourth-order valence-corrected chi connectivity index (χ4v) is 2.41. The van der Waals surface area contributed by atoms with Gasteiger partial charge in [-0.15, -0.1) is 24.0 Å². The molecule has 23 heavy (non-hydrogen) atoms. The molecule has 126 valence electrons. The molecule has 0 aliphatic rings. The van der Waals surface area contributed by atoms with Gasteiger partial charge in [-0.3, -0.25) is 4.99 Å². The normalized spacial score (nSPS) is 12.4. The summed E-state index contributed by atoms with van der Waals surface area (Å²) >= 11 is 0. The Kier molecular flexibility index (Phi) is 8.16. The van der Waals surface area contributed by atoms with Crippen LogP contribution >= 0.6 is 24.0 Å². The Hall–Kier alpha value is -1.50. The number of nitrogens with zero attached hydrogens (tertiary/aromatic N) is 1. The zero-order valence-electron chi connectivity index (χ0n) is 14.2. The number of rotatable bonds is 5. The van der Waals surface area contributed by atoms with Crippen molar-refractivity contribution in [3.05, 3.63) is 59.0 Å². The van der Waals surface area contributed by atoms with Crippen LogP contribution in [0.15, 0.2) is 45.8 Å². The van der Waals surface area contributed by atoms with E-state index in [1.807, 2.05) is 19.9 Å². The Balaban J connectivity index is 0.00000264. The van der Waals surface area contributed by atoms with Crippen molar-refractivity contribution in [3.63, 3.8) is 0 Å². The summed E-state index contributed by atoms with van der Waals surface area (Å²) in [4.78, 5) is 4.27.